The van der Waals surface area contributed by atoms with Gasteiger partial charge in [0.15, 0.2) is 0 Å². The molecule has 1 heterocycles. The van der Waals surface area contributed by atoms with Crippen LogP contribution in [0.1, 0.15) is 25.7 Å². The molecule has 1 unspecified atom stereocenters. The smallest absolute Gasteiger partial charge is 0.318 e. The van der Waals surface area contributed by atoms with Crippen molar-refractivity contribution in [2.45, 2.75) is 19.8 Å². The number of oxazole rings is 1. The summed E-state index contributed by atoms with van der Waals surface area (Å²) in [4.78, 5) is 15.9. The minimum atomic E-state index is -0.484. The third kappa shape index (κ3) is 2.59. The van der Waals surface area contributed by atoms with E-state index in [1.165, 1.54) is 0 Å². The van der Waals surface area contributed by atoms with E-state index in [0.29, 0.717) is 12.5 Å². The molecular weight excluding hydrogens is 230 g/mol. The summed E-state index contributed by atoms with van der Waals surface area (Å²) in [5.41, 5.74) is 1.69. The SMILES string of the molecule is CCOC(=O)C(C)c1nc(-c2ccccc2)co1. The Balaban J connectivity index is 2.18. The number of hydrogen-bond donors (Lipinski definition) is 0. The molecule has 0 amide bonds. The first-order chi connectivity index (χ1) is 8.72. The molecular formula is C14H15NO3. The van der Waals surface area contributed by atoms with E-state index in [1.807, 2.05) is 30.3 Å². The van der Waals surface area contributed by atoms with Gasteiger partial charge in [0.05, 0.1) is 6.61 Å². The number of esters is 1. The number of carbonyl (C=O) groups excluding carboxylic acids is 1. The van der Waals surface area contributed by atoms with Crippen molar-refractivity contribution in [3.05, 3.63) is 42.5 Å². The number of nitrogens with zero attached hydrogens (tertiary/aromatic N) is 1. The third-order valence-corrected chi connectivity index (χ3v) is 2.60. The topological polar surface area (TPSA) is 52.3 Å². The Bertz CT molecular complexity index is 519. The van der Waals surface area contributed by atoms with Gasteiger partial charge in [0, 0.05) is 5.56 Å². The zero-order chi connectivity index (χ0) is 13.0. The Kier molecular flexibility index (Phi) is 3.77. The standard InChI is InChI=1S/C14H15NO3/c1-3-17-14(16)10(2)13-15-12(9-18-13)11-7-5-4-6-8-11/h4-10H,3H2,1-2H3. The highest BCUT2D eigenvalue weighted by molar-refractivity contribution is 5.76. The number of benzene rings is 1. The molecule has 4 heteroatoms. The van der Waals surface area contributed by atoms with Crippen molar-refractivity contribution < 1.29 is 13.9 Å². The number of carbonyl (C=O) groups is 1. The molecule has 0 saturated carbocycles. The van der Waals surface area contributed by atoms with E-state index in [2.05, 4.69) is 4.98 Å². The van der Waals surface area contributed by atoms with Crippen molar-refractivity contribution in [1.29, 1.82) is 0 Å². The Hall–Kier alpha value is -2.10. The lowest BCUT2D eigenvalue weighted by atomic mass is 10.1. The zero-order valence-corrected chi connectivity index (χ0v) is 10.4. The van der Waals surface area contributed by atoms with Crippen LogP contribution in [0.5, 0.6) is 0 Å². The summed E-state index contributed by atoms with van der Waals surface area (Å²) in [5.74, 6) is -0.423. The average molecular weight is 245 g/mol. The summed E-state index contributed by atoms with van der Waals surface area (Å²) >= 11 is 0. The van der Waals surface area contributed by atoms with E-state index in [1.54, 1.807) is 20.1 Å². The fourth-order valence-corrected chi connectivity index (χ4v) is 1.60. The van der Waals surface area contributed by atoms with Gasteiger partial charge in [-0.15, -0.1) is 0 Å². The maximum Gasteiger partial charge on any atom is 0.318 e. The minimum absolute atomic E-state index is 0.320. The van der Waals surface area contributed by atoms with Crippen molar-refractivity contribution in [3.8, 4) is 11.3 Å². The van der Waals surface area contributed by atoms with Crippen LogP contribution in [-0.4, -0.2) is 17.6 Å². The van der Waals surface area contributed by atoms with Crippen molar-refractivity contribution in [2.75, 3.05) is 6.61 Å². The molecule has 0 radical (unpaired) electrons. The molecule has 0 aliphatic rings. The second-order valence-corrected chi connectivity index (χ2v) is 3.91. The summed E-state index contributed by atoms with van der Waals surface area (Å²) in [7, 11) is 0. The molecule has 0 N–H and O–H groups in total. The van der Waals surface area contributed by atoms with E-state index in [0.717, 1.165) is 11.3 Å². The predicted molar refractivity (Wildman–Crippen MR) is 67.0 cm³/mol. The van der Waals surface area contributed by atoms with Crippen LogP contribution in [0.15, 0.2) is 41.0 Å². The lowest BCUT2D eigenvalue weighted by Crippen LogP contribution is -2.13. The van der Waals surface area contributed by atoms with Gasteiger partial charge in [0.25, 0.3) is 0 Å². The van der Waals surface area contributed by atoms with Gasteiger partial charge in [-0.25, -0.2) is 4.98 Å². The predicted octanol–water partition coefficient (Wildman–Crippen LogP) is 3.01. The number of rotatable bonds is 4. The monoisotopic (exact) mass is 245 g/mol. The van der Waals surface area contributed by atoms with Crippen LogP contribution in [0.3, 0.4) is 0 Å². The van der Waals surface area contributed by atoms with E-state index < -0.39 is 5.92 Å². The third-order valence-electron chi connectivity index (χ3n) is 2.60. The van der Waals surface area contributed by atoms with E-state index in [4.69, 9.17) is 9.15 Å². The van der Waals surface area contributed by atoms with Crippen LogP contribution in [0.2, 0.25) is 0 Å². The van der Waals surface area contributed by atoms with Crippen LogP contribution < -0.4 is 0 Å². The van der Waals surface area contributed by atoms with Crippen molar-refractivity contribution >= 4 is 5.97 Å². The Morgan fingerprint density at radius 3 is 2.78 bits per heavy atom. The molecule has 1 atom stereocenters. The highest BCUT2D eigenvalue weighted by atomic mass is 16.5. The Labute approximate surface area is 106 Å². The summed E-state index contributed by atoms with van der Waals surface area (Å²) in [6, 6.07) is 9.68. The summed E-state index contributed by atoms with van der Waals surface area (Å²) in [5, 5.41) is 0. The highest BCUT2D eigenvalue weighted by Gasteiger charge is 2.21. The van der Waals surface area contributed by atoms with Gasteiger partial charge in [0.2, 0.25) is 5.89 Å². The van der Waals surface area contributed by atoms with Gasteiger partial charge in [-0.1, -0.05) is 30.3 Å². The van der Waals surface area contributed by atoms with Gasteiger partial charge in [0.1, 0.15) is 17.9 Å². The molecule has 0 fully saturated rings. The van der Waals surface area contributed by atoms with Crippen LogP contribution in [-0.2, 0) is 9.53 Å². The molecule has 2 rings (SSSR count). The first-order valence-electron chi connectivity index (χ1n) is 5.90. The Morgan fingerprint density at radius 2 is 2.11 bits per heavy atom. The molecule has 1 aromatic heterocycles. The summed E-state index contributed by atoms with van der Waals surface area (Å²) < 4.78 is 10.3. The van der Waals surface area contributed by atoms with E-state index in [9.17, 15) is 4.79 Å². The summed E-state index contributed by atoms with van der Waals surface area (Å²) in [6.07, 6.45) is 1.56. The maximum atomic E-state index is 11.6. The van der Waals surface area contributed by atoms with Crippen LogP contribution in [0.25, 0.3) is 11.3 Å². The molecule has 0 saturated heterocycles. The molecule has 94 valence electrons. The molecule has 0 spiro atoms. The van der Waals surface area contributed by atoms with Crippen LogP contribution in [0.4, 0.5) is 0 Å². The molecule has 4 nitrogen and oxygen atoms in total. The van der Waals surface area contributed by atoms with Crippen molar-refractivity contribution in [2.24, 2.45) is 0 Å². The molecule has 0 bridgehead atoms. The zero-order valence-electron chi connectivity index (χ0n) is 10.4. The van der Waals surface area contributed by atoms with Gasteiger partial charge in [-0.3, -0.25) is 4.79 Å². The van der Waals surface area contributed by atoms with E-state index >= 15 is 0 Å². The fourth-order valence-electron chi connectivity index (χ4n) is 1.60. The normalized spacial score (nSPS) is 12.1. The maximum absolute atomic E-state index is 11.6. The minimum Gasteiger partial charge on any atom is -0.465 e. The first-order valence-corrected chi connectivity index (χ1v) is 5.90. The van der Waals surface area contributed by atoms with Crippen LogP contribution in [0, 0.1) is 0 Å². The largest absolute Gasteiger partial charge is 0.465 e. The van der Waals surface area contributed by atoms with Crippen molar-refractivity contribution in [3.63, 3.8) is 0 Å². The second kappa shape index (κ2) is 5.49. The molecule has 2 aromatic rings. The van der Waals surface area contributed by atoms with Crippen molar-refractivity contribution in [1.82, 2.24) is 4.98 Å². The van der Waals surface area contributed by atoms with Gasteiger partial charge < -0.3 is 9.15 Å². The molecule has 18 heavy (non-hydrogen) atoms. The second-order valence-electron chi connectivity index (χ2n) is 3.91. The van der Waals surface area contributed by atoms with Gasteiger partial charge in [-0.05, 0) is 13.8 Å². The molecule has 0 aliphatic carbocycles. The first kappa shape index (κ1) is 12.4. The number of ether oxygens (including phenoxy) is 1. The summed E-state index contributed by atoms with van der Waals surface area (Å²) in [6.45, 7) is 3.85. The number of aromatic nitrogens is 1. The quantitative estimate of drug-likeness (QED) is 0.777. The fraction of sp³-hybridized carbons (Fsp3) is 0.286. The van der Waals surface area contributed by atoms with E-state index in [-0.39, 0.29) is 5.97 Å². The Morgan fingerprint density at radius 1 is 1.39 bits per heavy atom. The lowest BCUT2D eigenvalue weighted by molar-refractivity contribution is -0.145. The average Bonchev–Trinajstić information content (AvgIpc) is 2.89. The van der Waals surface area contributed by atoms with Gasteiger partial charge in [-0.2, -0.15) is 0 Å². The van der Waals surface area contributed by atoms with Gasteiger partial charge >= 0.3 is 5.97 Å². The molecule has 0 aliphatic heterocycles. The van der Waals surface area contributed by atoms with Crippen LogP contribution >= 0.6 is 0 Å². The number of hydrogen-bond acceptors (Lipinski definition) is 4. The lowest BCUT2D eigenvalue weighted by Gasteiger charge is -2.05. The molecule has 1 aromatic carbocycles. The highest BCUT2D eigenvalue weighted by Crippen LogP contribution is 2.22.